The maximum absolute atomic E-state index is 12.3. The number of rotatable bonds is 4. The number of nitrogens with zero attached hydrogens (tertiary/aromatic N) is 1. The number of aromatic nitrogens is 2. The van der Waals surface area contributed by atoms with Crippen LogP contribution in [0.3, 0.4) is 0 Å². The van der Waals surface area contributed by atoms with Crippen LogP contribution in [0.15, 0.2) is 35.1 Å². The lowest BCUT2D eigenvalue weighted by Gasteiger charge is -2.14. The summed E-state index contributed by atoms with van der Waals surface area (Å²) in [6, 6.07) is 7.84. The van der Waals surface area contributed by atoms with Gasteiger partial charge in [-0.05, 0) is 30.3 Å². The van der Waals surface area contributed by atoms with E-state index in [1.807, 2.05) is 0 Å². The van der Waals surface area contributed by atoms with Crippen molar-refractivity contribution in [2.45, 2.75) is 0 Å². The van der Waals surface area contributed by atoms with Gasteiger partial charge in [-0.2, -0.15) is 0 Å². The van der Waals surface area contributed by atoms with Crippen LogP contribution in [-0.4, -0.2) is 36.4 Å². The summed E-state index contributed by atoms with van der Waals surface area (Å²) in [7, 11) is 4.55. The van der Waals surface area contributed by atoms with Gasteiger partial charge in [-0.15, -0.1) is 0 Å². The minimum absolute atomic E-state index is 0.00957. The Bertz CT molecular complexity index is 940. The molecule has 7 nitrogen and oxygen atoms in total. The van der Waals surface area contributed by atoms with Gasteiger partial charge in [-0.1, -0.05) is 0 Å². The molecule has 0 amide bonds. The molecule has 3 aromatic rings. The number of benzene rings is 2. The smallest absolute Gasteiger partial charge is 0.259 e. The number of aromatic hydroxyl groups is 1. The van der Waals surface area contributed by atoms with Gasteiger partial charge >= 0.3 is 0 Å². The number of hydrogen-bond acceptors (Lipinski definition) is 6. The van der Waals surface area contributed by atoms with E-state index in [1.54, 1.807) is 18.2 Å². The zero-order valence-electron chi connectivity index (χ0n) is 13.4. The number of phenolic OH excluding ortho intramolecular Hbond substituents is 1. The summed E-state index contributed by atoms with van der Waals surface area (Å²) < 4.78 is 15.9. The van der Waals surface area contributed by atoms with Crippen molar-refractivity contribution in [1.29, 1.82) is 0 Å². The van der Waals surface area contributed by atoms with E-state index in [0.29, 0.717) is 39.5 Å². The molecule has 0 aliphatic carbocycles. The van der Waals surface area contributed by atoms with E-state index in [-0.39, 0.29) is 11.3 Å². The first kappa shape index (κ1) is 15.7. The Morgan fingerprint density at radius 3 is 2.25 bits per heavy atom. The molecule has 0 aliphatic rings. The number of H-pyrrole nitrogens is 1. The van der Waals surface area contributed by atoms with Crippen LogP contribution in [-0.2, 0) is 0 Å². The van der Waals surface area contributed by atoms with Gasteiger partial charge in [0.15, 0.2) is 11.5 Å². The van der Waals surface area contributed by atoms with Gasteiger partial charge in [0.25, 0.3) is 5.56 Å². The summed E-state index contributed by atoms with van der Waals surface area (Å²) >= 11 is 0. The number of hydrogen-bond donors (Lipinski definition) is 2. The van der Waals surface area contributed by atoms with Crippen LogP contribution in [0.2, 0.25) is 0 Å². The molecular formula is C17H16N2O5. The number of aromatic amines is 1. The second kappa shape index (κ2) is 6.11. The summed E-state index contributed by atoms with van der Waals surface area (Å²) in [5.41, 5.74) is 0.733. The number of phenols is 1. The molecule has 24 heavy (non-hydrogen) atoms. The molecule has 7 heteroatoms. The molecule has 0 spiro atoms. The Hall–Kier alpha value is -3.22. The quantitative estimate of drug-likeness (QED) is 0.763. The van der Waals surface area contributed by atoms with Crippen LogP contribution < -0.4 is 19.8 Å². The van der Waals surface area contributed by atoms with Crippen molar-refractivity contribution in [3.8, 4) is 34.4 Å². The van der Waals surface area contributed by atoms with E-state index in [0.717, 1.165) is 0 Å². The molecule has 0 bridgehead atoms. The number of nitrogens with one attached hydrogen (secondary N) is 1. The maximum atomic E-state index is 12.3. The first-order chi connectivity index (χ1) is 11.6. The van der Waals surface area contributed by atoms with Gasteiger partial charge in [-0.3, -0.25) is 4.79 Å². The molecule has 0 unspecified atom stereocenters. The molecule has 124 valence electrons. The van der Waals surface area contributed by atoms with Crippen LogP contribution in [0, 0.1) is 0 Å². The first-order valence-corrected chi connectivity index (χ1v) is 7.10. The van der Waals surface area contributed by atoms with Crippen molar-refractivity contribution < 1.29 is 19.3 Å². The molecule has 1 aromatic heterocycles. The molecule has 3 rings (SSSR count). The Labute approximate surface area is 137 Å². The average molecular weight is 328 g/mol. The Morgan fingerprint density at radius 2 is 1.67 bits per heavy atom. The predicted molar refractivity (Wildman–Crippen MR) is 89.1 cm³/mol. The first-order valence-electron chi connectivity index (χ1n) is 7.10. The molecule has 0 aliphatic heterocycles. The topological polar surface area (TPSA) is 93.7 Å². The summed E-state index contributed by atoms with van der Waals surface area (Å²) in [5.74, 6) is 1.74. The number of fused-ring (bicyclic) bond motifs is 1. The third-order valence-corrected chi connectivity index (χ3v) is 3.63. The molecule has 1 heterocycles. The lowest BCUT2D eigenvalue weighted by molar-refractivity contribution is 0.324. The van der Waals surface area contributed by atoms with Gasteiger partial charge in [-0.25, -0.2) is 4.98 Å². The molecule has 0 saturated carbocycles. The zero-order valence-corrected chi connectivity index (χ0v) is 13.4. The van der Waals surface area contributed by atoms with Crippen LogP contribution in [0.5, 0.6) is 23.0 Å². The predicted octanol–water partition coefficient (Wildman–Crippen LogP) is 2.32. The Balaban J connectivity index is 2.24. The van der Waals surface area contributed by atoms with Gasteiger partial charge in [0, 0.05) is 5.56 Å². The molecular weight excluding hydrogens is 312 g/mol. The van der Waals surface area contributed by atoms with E-state index >= 15 is 0 Å². The lowest BCUT2D eigenvalue weighted by Crippen LogP contribution is -2.09. The number of methoxy groups -OCH3 is 3. The largest absolute Gasteiger partial charge is 0.508 e. The highest BCUT2D eigenvalue weighted by Crippen LogP contribution is 2.40. The molecule has 2 N–H and O–H groups in total. The van der Waals surface area contributed by atoms with E-state index in [4.69, 9.17) is 14.2 Å². The van der Waals surface area contributed by atoms with Crippen LogP contribution in [0.4, 0.5) is 0 Å². The van der Waals surface area contributed by atoms with Crippen molar-refractivity contribution in [3.63, 3.8) is 0 Å². The molecule has 2 aromatic carbocycles. The third kappa shape index (κ3) is 2.60. The highest BCUT2D eigenvalue weighted by Gasteiger charge is 2.16. The van der Waals surface area contributed by atoms with E-state index in [9.17, 15) is 9.90 Å². The second-order valence-corrected chi connectivity index (χ2v) is 5.03. The molecule has 0 fully saturated rings. The highest BCUT2D eigenvalue weighted by molar-refractivity contribution is 5.81. The summed E-state index contributed by atoms with van der Waals surface area (Å²) in [6.45, 7) is 0. The van der Waals surface area contributed by atoms with Gasteiger partial charge in [0.05, 0.1) is 32.2 Å². The van der Waals surface area contributed by atoms with Crippen molar-refractivity contribution in [1.82, 2.24) is 9.97 Å². The fourth-order valence-electron chi connectivity index (χ4n) is 2.48. The lowest BCUT2D eigenvalue weighted by atomic mass is 10.1. The minimum Gasteiger partial charge on any atom is -0.508 e. The second-order valence-electron chi connectivity index (χ2n) is 5.03. The monoisotopic (exact) mass is 328 g/mol. The molecule has 0 atom stereocenters. The van der Waals surface area contributed by atoms with Crippen molar-refractivity contribution in [2.75, 3.05) is 21.3 Å². The van der Waals surface area contributed by atoms with Crippen LogP contribution in [0.1, 0.15) is 0 Å². The third-order valence-electron chi connectivity index (χ3n) is 3.63. The van der Waals surface area contributed by atoms with Crippen LogP contribution in [0.25, 0.3) is 22.3 Å². The van der Waals surface area contributed by atoms with Crippen molar-refractivity contribution in [2.24, 2.45) is 0 Å². The molecule has 0 radical (unpaired) electrons. The Kier molecular flexibility index (Phi) is 3.99. The highest BCUT2D eigenvalue weighted by atomic mass is 16.5. The van der Waals surface area contributed by atoms with Crippen molar-refractivity contribution in [3.05, 3.63) is 40.7 Å². The van der Waals surface area contributed by atoms with E-state index < -0.39 is 0 Å². The standard InChI is InChI=1S/C17H16N2O5/c1-22-13-6-9(7-14(23-2)15(13)24-3)16-18-12-5-4-10(20)8-11(12)17(21)19-16/h4-8,20H,1-3H3,(H,18,19,21). The van der Waals surface area contributed by atoms with Crippen molar-refractivity contribution >= 4 is 10.9 Å². The van der Waals surface area contributed by atoms with Crippen LogP contribution >= 0.6 is 0 Å². The Morgan fingerprint density at radius 1 is 1.00 bits per heavy atom. The minimum atomic E-state index is -0.348. The SMILES string of the molecule is COc1cc(-c2nc3ccc(O)cc3c(=O)[nH]2)cc(OC)c1OC. The van der Waals surface area contributed by atoms with Gasteiger partial charge < -0.3 is 24.3 Å². The fraction of sp³-hybridized carbons (Fsp3) is 0.176. The van der Waals surface area contributed by atoms with E-state index in [1.165, 1.54) is 33.5 Å². The number of ether oxygens (including phenoxy) is 3. The van der Waals surface area contributed by atoms with E-state index in [2.05, 4.69) is 9.97 Å². The van der Waals surface area contributed by atoms with Gasteiger partial charge in [0.2, 0.25) is 5.75 Å². The molecule has 0 saturated heterocycles. The summed E-state index contributed by atoms with van der Waals surface area (Å²) in [6.07, 6.45) is 0. The zero-order chi connectivity index (χ0) is 17.3. The average Bonchev–Trinajstić information content (AvgIpc) is 2.60. The summed E-state index contributed by atoms with van der Waals surface area (Å²) in [4.78, 5) is 19.4. The van der Waals surface area contributed by atoms with Gasteiger partial charge in [0.1, 0.15) is 11.6 Å². The summed E-state index contributed by atoms with van der Waals surface area (Å²) in [5, 5.41) is 9.82. The normalized spacial score (nSPS) is 10.6. The maximum Gasteiger partial charge on any atom is 0.259 e. The fourth-order valence-corrected chi connectivity index (χ4v) is 2.48.